The molecule has 0 saturated heterocycles. The zero-order valence-electron chi connectivity index (χ0n) is 10.8. The normalized spacial score (nSPS) is 13.1. The van der Waals surface area contributed by atoms with E-state index in [2.05, 4.69) is 24.0 Å². The van der Waals surface area contributed by atoms with E-state index in [4.69, 9.17) is 14.7 Å². The second-order valence-corrected chi connectivity index (χ2v) is 4.92. The lowest BCUT2D eigenvalue weighted by atomic mass is 9.94. The molecule has 0 saturated carbocycles. The molecule has 0 amide bonds. The topological polar surface area (TPSA) is 78.1 Å². The monoisotopic (exact) mass is 249 g/mol. The van der Waals surface area contributed by atoms with Crippen LogP contribution >= 0.6 is 0 Å². The third kappa shape index (κ3) is 3.20. The van der Waals surface area contributed by atoms with Gasteiger partial charge in [0.15, 0.2) is 5.76 Å². The smallest absolute Gasteiger partial charge is 0.238 e. The van der Waals surface area contributed by atoms with Crippen molar-refractivity contribution in [2.45, 2.75) is 26.7 Å². The minimum absolute atomic E-state index is 0.384. The maximum absolute atomic E-state index is 5.76. The van der Waals surface area contributed by atoms with E-state index in [9.17, 15) is 0 Å². The Morgan fingerprint density at radius 3 is 2.83 bits per heavy atom. The molecule has 1 unspecified atom stereocenters. The van der Waals surface area contributed by atoms with Crippen LogP contribution in [-0.2, 0) is 6.42 Å². The molecule has 0 aliphatic heterocycles. The van der Waals surface area contributed by atoms with E-state index in [1.165, 1.54) is 0 Å². The van der Waals surface area contributed by atoms with Gasteiger partial charge in [-0.3, -0.25) is 0 Å². The summed E-state index contributed by atoms with van der Waals surface area (Å²) in [6.45, 7) is 5.01. The molecule has 98 valence electrons. The maximum atomic E-state index is 5.76. The summed E-state index contributed by atoms with van der Waals surface area (Å²) in [5, 5.41) is 3.90. The molecule has 2 heterocycles. The van der Waals surface area contributed by atoms with Crippen molar-refractivity contribution in [1.82, 2.24) is 10.1 Å². The summed E-state index contributed by atoms with van der Waals surface area (Å²) in [4.78, 5) is 4.32. The summed E-state index contributed by atoms with van der Waals surface area (Å²) in [6.07, 6.45) is 3.38. The average molecular weight is 249 g/mol. The molecule has 0 spiro atoms. The number of hydrogen-bond donors (Lipinski definition) is 1. The van der Waals surface area contributed by atoms with Crippen molar-refractivity contribution in [1.29, 1.82) is 0 Å². The Morgan fingerprint density at radius 1 is 1.39 bits per heavy atom. The van der Waals surface area contributed by atoms with Crippen LogP contribution in [0.25, 0.3) is 11.6 Å². The van der Waals surface area contributed by atoms with Crippen LogP contribution in [0.3, 0.4) is 0 Å². The summed E-state index contributed by atoms with van der Waals surface area (Å²) in [5.41, 5.74) is 5.76. The van der Waals surface area contributed by atoms with Gasteiger partial charge in [-0.15, -0.1) is 0 Å². The van der Waals surface area contributed by atoms with Gasteiger partial charge in [-0.25, -0.2) is 0 Å². The Bertz CT molecular complexity index is 462. The van der Waals surface area contributed by atoms with E-state index in [0.29, 0.717) is 35.9 Å². The molecule has 2 aromatic rings. The fourth-order valence-corrected chi connectivity index (χ4v) is 2.02. The SMILES string of the molecule is CC(C)CC(CN)Cc1nc(-c2ccco2)no1. The molecule has 2 aromatic heterocycles. The van der Waals surface area contributed by atoms with Gasteiger partial charge in [0.2, 0.25) is 11.7 Å². The van der Waals surface area contributed by atoms with Gasteiger partial charge in [-0.2, -0.15) is 4.98 Å². The van der Waals surface area contributed by atoms with Gasteiger partial charge < -0.3 is 14.7 Å². The number of furan rings is 1. The standard InChI is InChI=1S/C13H19N3O2/c1-9(2)6-10(8-14)7-12-15-13(16-18-12)11-4-3-5-17-11/h3-5,9-10H,6-8,14H2,1-2H3. The Kier molecular flexibility index (Phi) is 4.15. The lowest BCUT2D eigenvalue weighted by molar-refractivity contribution is 0.331. The van der Waals surface area contributed by atoms with Crippen LogP contribution in [0.4, 0.5) is 0 Å². The molecule has 18 heavy (non-hydrogen) atoms. The highest BCUT2D eigenvalue weighted by atomic mass is 16.5. The van der Waals surface area contributed by atoms with E-state index >= 15 is 0 Å². The van der Waals surface area contributed by atoms with Crippen LogP contribution in [0.2, 0.25) is 0 Å². The van der Waals surface area contributed by atoms with Crippen LogP contribution in [0, 0.1) is 11.8 Å². The van der Waals surface area contributed by atoms with E-state index in [-0.39, 0.29) is 0 Å². The van der Waals surface area contributed by atoms with Crippen molar-refractivity contribution in [3.05, 3.63) is 24.3 Å². The van der Waals surface area contributed by atoms with Gasteiger partial charge in [-0.1, -0.05) is 19.0 Å². The molecule has 5 nitrogen and oxygen atoms in total. The van der Waals surface area contributed by atoms with Crippen molar-refractivity contribution in [3.8, 4) is 11.6 Å². The summed E-state index contributed by atoms with van der Waals surface area (Å²) in [5.74, 6) is 2.74. The molecule has 5 heteroatoms. The van der Waals surface area contributed by atoms with Crippen molar-refractivity contribution in [2.24, 2.45) is 17.6 Å². The minimum atomic E-state index is 0.384. The lowest BCUT2D eigenvalue weighted by Crippen LogP contribution is -2.19. The highest BCUT2D eigenvalue weighted by Gasteiger charge is 2.16. The molecule has 0 aliphatic rings. The van der Waals surface area contributed by atoms with Crippen molar-refractivity contribution in [3.63, 3.8) is 0 Å². The van der Waals surface area contributed by atoms with Gasteiger partial charge >= 0.3 is 0 Å². The Morgan fingerprint density at radius 2 is 2.22 bits per heavy atom. The average Bonchev–Trinajstić information content (AvgIpc) is 2.97. The first-order valence-corrected chi connectivity index (χ1v) is 6.25. The number of hydrogen-bond acceptors (Lipinski definition) is 5. The van der Waals surface area contributed by atoms with E-state index in [1.807, 2.05) is 6.07 Å². The number of nitrogens with zero attached hydrogens (tertiary/aromatic N) is 2. The van der Waals surface area contributed by atoms with Gasteiger partial charge in [0, 0.05) is 6.42 Å². The zero-order chi connectivity index (χ0) is 13.0. The third-order valence-corrected chi connectivity index (χ3v) is 2.81. The molecule has 0 bridgehead atoms. The first-order valence-electron chi connectivity index (χ1n) is 6.25. The Labute approximate surface area is 106 Å². The Hall–Kier alpha value is -1.62. The van der Waals surface area contributed by atoms with Crippen molar-refractivity contribution < 1.29 is 8.94 Å². The largest absolute Gasteiger partial charge is 0.461 e. The quantitative estimate of drug-likeness (QED) is 0.851. The molecule has 0 radical (unpaired) electrons. The molecule has 0 fully saturated rings. The van der Waals surface area contributed by atoms with Crippen LogP contribution in [0.5, 0.6) is 0 Å². The van der Waals surface area contributed by atoms with Gasteiger partial charge in [0.1, 0.15) is 0 Å². The van der Waals surface area contributed by atoms with Gasteiger partial charge in [0.05, 0.1) is 6.26 Å². The van der Waals surface area contributed by atoms with E-state index in [0.717, 1.165) is 12.8 Å². The molecular weight excluding hydrogens is 230 g/mol. The fraction of sp³-hybridized carbons (Fsp3) is 0.538. The predicted octanol–water partition coefficient (Wildman–Crippen LogP) is 2.49. The van der Waals surface area contributed by atoms with Crippen LogP contribution in [0.15, 0.2) is 27.3 Å². The molecule has 2 rings (SSSR count). The zero-order valence-corrected chi connectivity index (χ0v) is 10.8. The highest BCUT2D eigenvalue weighted by molar-refractivity contribution is 5.44. The summed E-state index contributed by atoms with van der Waals surface area (Å²) in [6, 6.07) is 3.61. The highest BCUT2D eigenvalue weighted by Crippen LogP contribution is 2.19. The second kappa shape index (κ2) is 5.82. The van der Waals surface area contributed by atoms with E-state index < -0.39 is 0 Å². The van der Waals surface area contributed by atoms with E-state index in [1.54, 1.807) is 12.3 Å². The molecular formula is C13H19N3O2. The van der Waals surface area contributed by atoms with Crippen LogP contribution in [0.1, 0.15) is 26.2 Å². The molecule has 1 atom stereocenters. The maximum Gasteiger partial charge on any atom is 0.238 e. The molecule has 2 N–H and O–H groups in total. The van der Waals surface area contributed by atoms with Gasteiger partial charge in [-0.05, 0) is 36.9 Å². The van der Waals surface area contributed by atoms with Crippen LogP contribution < -0.4 is 5.73 Å². The molecule has 0 aromatic carbocycles. The first kappa shape index (κ1) is 12.8. The van der Waals surface area contributed by atoms with Gasteiger partial charge in [0.25, 0.3) is 0 Å². The van der Waals surface area contributed by atoms with Crippen LogP contribution in [-0.4, -0.2) is 16.7 Å². The number of rotatable bonds is 6. The summed E-state index contributed by atoms with van der Waals surface area (Å²) >= 11 is 0. The van der Waals surface area contributed by atoms with Crippen molar-refractivity contribution >= 4 is 0 Å². The third-order valence-electron chi connectivity index (χ3n) is 2.81. The molecule has 0 aliphatic carbocycles. The first-order chi connectivity index (χ1) is 8.69. The predicted molar refractivity (Wildman–Crippen MR) is 67.7 cm³/mol. The summed E-state index contributed by atoms with van der Waals surface area (Å²) < 4.78 is 10.4. The second-order valence-electron chi connectivity index (χ2n) is 4.92. The lowest BCUT2D eigenvalue weighted by Gasteiger charge is -2.14. The summed E-state index contributed by atoms with van der Waals surface area (Å²) in [7, 11) is 0. The van der Waals surface area contributed by atoms with Crippen molar-refractivity contribution in [2.75, 3.05) is 6.54 Å². The fourth-order valence-electron chi connectivity index (χ4n) is 2.02. The number of nitrogens with two attached hydrogens (primary N) is 1. The number of aromatic nitrogens is 2. The minimum Gasteiger partial charge on any atom is -0.461 e. The Balaban J connectivity index is 2.01.